The normalized spacial score (nSPS) is 10.6. The summed E-state index contributed by atoms with van der Waals surface area (Å²) in [6.07, 6.45) is 3.22. The number of benzene rings is 1. The summed E-state index contributed by atoms with van der Waals surface area (Å²) >= 11 is 0. The highest BCUT2D eigenvalue weighted by molar-refractivity contribution is 5.30. The fourth-order valence-electron chi connectivity index (χ4n) is 1.72. The number of unbranched alkanes of at least 4 members (excludes halogenated alkanes) is 2. The maximum absolute atomic E-state index is 13.5. The van der Waals surface area contributed by atoms with Crippen molar-refractivity contribution in [2.45, 2.75) is 25.7 Å². The molecular formula is C13H19F2NO. The van der Waals surface area contributed by atoms with E-state index in [2.05, 4.69) is 5.32 Å². The van der Waals surface area contributed by atoms with Crippen molar-refractivity contribution in [1.29, 1.82) is 0 Å². The number of nitrogens with one attached hydrogen (secondary N) is 1. The van der Waals surface area contributed by atoms with Gasteiger partial charge in [0.25, 0.3) is 0 Å². The topological polar surface area (TPSA) is 21.3 Å². The molecule has 2 nitrogen and oxygen atoms in total. The van der Waals surface area contributed by atoms with E-state index < -0.39 is 11.6 Å². The fourth-order valence-corrected chi connectivity index (χ4v) is 1.72. The summed E-state index contributed by atoms with van der Waals surface area (Å²) in [7, 11) is 3.29. The van der Waals surface area contributed by atoms with Gasteiger partial charge in [-0.15, -0.1) is 0 Å². The van der Waals surface area contributed by atoms with Crippen LogP contribution in [0.3, 0.4) is 0 Å². The number of hydrogen-bond acceptors (Lipinski definition) is 2. The van der Waals surface area contributed by atoms with E-state index in [1.54, 1.807) is 0 Å². The lowest BCUT2D eigenvalue weighted by Crippen LogP contribution is -2.07. The lowest BCUT2D eigenvalue weighted by atomic mass is 10.1. The summed E-state index contributed by atoms with van der Waals surface area (Å²) in [5, 5.41) is 3.04. The van der Waals surface area contributed by atoms with Gasteiger partial charge in [0.1, 0.15) is 17.4 Å². The average Bonchev–Trinajstić information content (AvgIpc) is 2.31. The van der Waals surface area contributed by atoms with Crippen molar-refractivity contribution < 1.29 is 13.5 Å². The van der Waals surface area contributed by atoms with Gasteiger partial charge < -0.3 is 10.1 Å². The van der Waals surface area contributed by atoms with Gasteiger partial charge in [0, 0.05) is 17.7 Å². The van der Waals surface area contributed by atoms with Crippen molar-refractivity contribution in [2.75, 3.05) is 20.7 Å². The predicted molar refractivity (Wildman–Crippen MR) is 64.4 cm³/mol. The van der Waals surface area contributed by atoms with Crippen LogP contribution in [-0.4, -0.2) is 20.7 Å². The van der Waals surface area contributed by atoms with Crippen LogP contribution in [0.5, 0.6) is 5.75 Å². The Morgan fingerprint density at radius 2 is 1.76 bits per heavy atom. The molecule has 1 aromatic rings. The van der Waals surface area contributed by atoms with Crippen LogP contribution in [0.2, 0.25) is 0 Å². The summed E-state index contributed by atoms with van der Waals surface area (Å²) in [6.45, 7) is 0.938. The third-order valence-electron chi connectivity index (χ3n) is 2.70. The van der Waals surface area contributed by atoms with Crippen LogP contribution in [0.25, 0.3) is 0 Å². The highest BCUT2D eigenvalue weighted by atomic mass is 19.1. The molecule has 0 aliphatic carbocycles. The Morgan fingerprint density at radius 3 is 2.29 bits per heavy atom. The Kier molecular flexibility index (Phi) is 5.91. The molecule has 0 heterocycles. The molecule has 0 saturated heterocycles. The van der Waals surface area contributed by atoms with E-state index in [9.17, 15) is 8.78 Å². The van der Waals surface area contributed by atoms with Crippen LogP contribution in [0, 0.1) is 11.6 Å². The second-order valence-electron chi connectivity index (χ2n) is 3.98. The van der Waals surface area contributed by atoms with Gasteiger partial charge >= 0.3 is 0 Å². The molecular weight excluding hydrogens is 224 g/mol. The predicted octanol–water partition coefficient (Wildman–Crippen LogP) is 2.91. The molecule has 0 amide bonds. The molecule has 0 fully saturated rings. The first kappa shape index (κ1) is 13.9. The van der Waals surface area contributed by atoms with Crippen LogP contribution in [0.15, 0.2) is 12.1 Å². The Bertz CT molecular complexity index is 332. The molecule has 0 radical (unpaired) electrons. The minimum atomic E-state index is -0.518. The first-order valence-corrected chi connectivity index (χ1v) is 5.85. The molecule has 0 spiro atoms. The van der Waals surface area contributed by atoms with E-state index in [0.717, 1.165) is 25.8 Å². The molecule has 0 unspecified atom stereocenters. The summed E-state index contributed by atoms with van der Waals surface area (Å²) in [5.74, 6) is -0.815. The third kappa shape index (κ3) is 4.30. The highest BCUT2D eigenvalue weighted by Crippen LogP contribution is 2.22. The van der Waals surface area contributed by atoms with Crippen molar-refractivity contribution in [3.63, 3.8) is 0 Å². The van der Waals surface area contributed by atoms with Gasteiger partial charge in [0.05, 0.1) is 7.11 Å². The van der Waals surface area contributed by atoms with Gasteiger partial charge in [-0.05, 0) is 32.9 Å². The lowest BCUT2D eigenvalue weighted by Gasteiger charge is -2.07. The molecule has 0 atom stereocenters. The molecule has 0 bridgehead atoms. The number of ether oxygens (including phenoxy) is 1. The largest absolute Gasteiger partial charge is 0.497 e. The molecule has 4 heteroatoms. The Labute approximate surface area is 101 Å². The third-order valence-corrected chi connectivity index (χ3v) is 2.70. The molecule has 17 heavy (non-hydrogen) atoms. The lowest BCUT2D eigenvalue weighted by molar-refractivity contribution is 0.405. The molecule has 1 N–H and O–H groups in total. The Hall–Kier alpha value is -1.16. The van der Waals surface area contributed by atoms with Crippen molar-refractivity contribution in [3.8, 4) is 5.75 Å². The van der Waals surface area contributed by atoms with Crippen LogP contribution in [0.4, 0.5) is 8.78 Å². The zero-order valence-corrected chi connectivity index (χ0v) is 10.4. The monoisotopic (exact) mass is 243 g/mol. The number of methoxy groups -OCH3 is 1. The second kappa shape index (κ2) is 7.22. The van der Waals surface area contributed by atoms with E-state index >= 15 is 0 Å². The number of halogens is 2. The van der Waals surface area contributed by atoms with Crippen LogP contribution in [0.1, 0.15) is 24.8 Å². The van der Waals surface area contributed by atoms with Crippen LogP contribution < -0.4 is 10.1 Å². The summed E-state index contributed by atoms with van der Waals surface area (Å²) in [5.41, 5.74) is 0.162. The van der Waals surface area contributed by atoms with E-state index in [4.69, 9.17) is 4.74 Å². The first-order valence-electron chi connectivity index (χ1n) is 5.85. The average molecular weight is 243 g/mol. The summed E-state index contributed by atoms with van der Waals surface area (Å²) in [6, 6.07) is 2.46. The maximum Gasteiger partial charge on any atom is 0.133 e. The van der Waals surface area contributed by atoms with Crippen LogP contribution in [-0.2, 0) is 6.42 Å². The fraction of sp³-hybridized carbons (Fsp3) is 0.538. The van der Waals surface area contributed by atoms with Gasteiger partial charge in [-0.3, -0.25) is 0 Å². The minimum Gasteiger partial charge on any atom is -0.497 e. The zero-order chi connectivity index (χ0) is 12.7. The van der Waals surface area contributed by atoms with Gasteiger partial charge in [0.15, 0.2) is 0 Å². The van der Waals surface area contributed by atoms with Crippen molar-refractivity contribution in [1.82, 2.24) is 5.32 Å². The molecule has 1 aromatic carbocycles. The summed E-state index contributed by atoms with van der Waals surface area (Å²) < 4.78 is 31.9. The second-order valence-corrected chi connectivity index (χ2v) is 3.98. The SMILES string of the molecule is CNCCCCCc1c(F)cc(OC)cc1F. The molecule has 0 aromatic heterocycles. The number of hydrogen-bond donors (Lipinski definition) is 1. The van der Waals surface area contributed by atoms with Crippen LogP contribution >= 0.6 is 0 Å². The smallest absolute Gasteiger partial charge is 0.133 e. The summed E-state index contributed by atoms with van der Waals surface area (Å²) in [4.78, 5) is 0. The molecule has 96 valence electrons. The van der Waals surface area contributed by atoms with Gasteiger partial charge in [-0.2, -0.15) is 0 Å². The van der Waals surface area contributed by atoms with Gasteiger partial charge in [-0.25, -0.2) is 8.78 Å². The standard InChI is InChI=1S/C13H19F2NO/c1-16-7-5-3-4-6-11-12(14)8-10(17-2)9-13(11)15/h8-9,16H,3-7H2,1-2H3. The van der Waals surface area contributed by atoms with Gasteiger partial charge in [0.2, 0.25) is 0 Å². The van der Waals surface area contributed by atoms with Crippen molar-refractivity contribution in [2.24, 2.45) is 0 Å². The zero-order valence-electron chi connectivity index (χ0n) is 10.4. The number of rotatable bonds is 7. The quantitative estimate of drug-likeness (QED) is 0.743. The minimum absolute atomic E-state index is 0.162. The molecule has 0 aliphatic heterocycles. The molecule has 0 aliphatic rings. The Balaban J connectivity index is 2.53. The molecule has 0 saturated carbocycles. The van der Waals surface area contributed by atoms with E-state index in [1.807, 2.05) is 7.05 Å². The van der Waals surface area contributed by atoms with Crippen molar-refractivity contribution in [3.05, 3.63) is 29.3 Å². The van der Waals surface area contributed by atoms with Crippen molar-refractivity contribution >= 4 is 0 Å². The van der Waals surface area contributed by atoms with E-state index in [-0.39, 0.29) is 11.3 Å². The molecule has 1 rings (SSSR count). The van der Waals surface area contributed by atoms with E-state index in [0.29, 0.717) is 6.42 Å². The first-order chi connectivity index (χ1) is 8.19. The van der Waals surface area contributed by atoms with E-state index in [1.165, 1.54) is 19.2 Å². The van der Waals surface area contributed by atoms with Gasteiger partial charge in [-0.1, -0.05) is 6.42 Å². The Morgan fingerprint density at radius 1 is 1.12 bits per heavy atom. The highest BCUT2D eigenvalue weighted by Gasteiger charge is 2.11. The maximum atomic E-state index is 13.5.